The number of ether oxygens (including phenoxy) is 1. The van der Waals surface area contributed by atoms with Gasteiger partial charge in [-0.1, -0.05) is 6.92 Å². The molecule has 10 heteroatoms. The molecule has 0 aliphatic heterocycles. The van der Waals surface area contributed by atoms with E-state index in [9.17, 15) is 18.0 Å². The van der Waals surface area contributed by atoms with Crippen LogP contribution in [0.4, 0.5) is 30.5 Å². The largest absolute Gasteiger partial charge is 0.490 e. The molecule has 1 amide bonds. The molecule has 0 radical (unpaired) electrons. The summed E-state index contributed by atoms with van der Waals surface area (Å²) in [6.45, 7) is 3.40. The zero-order valence-corrected chi connectivity index (χ0v) is 15.9. The van der Waals surface area contributed by atoms with Gasteiger partial charge in [0.25, 0.3) is 0 Å². The van der Waals surface area contributed by atoms with E-state index >= 15 is 0 Å². The maximum Gasteiger partial charge on any atom is 0.303 e. The zero-order valence-electron chi connectivity index (χ0n) is 15.9. The number of aryl methyl sites for hydroxylation is 1. The molecular formula is C18H22F3N5O2. The Hall–Kier alpha value is -2.91. The molecule has 0 aromatic carbocycles. The summed E-state index contributed by atoms with van der Waals surface area (Å²) in [5.74, 6) is -3.50. The normalized spacial score (nSPS) is 11.2. The molecular weight excluding hydrogens is 375 g/mol. The van der Waals surface area contributed by atoms with Gasteiger partial charge in [0.15, 0.2) is 5.75 Å². The van der Waals surface area contributed by atoms with Crippen LogP contribution < -0.4 is 15.4 Å². The van der Waals surface area contributed by atoms with Gasteiger partial charge in [0.1, 0.15) is 11.6 Å². The fourth-order valence-corrected chi connectivity index (χ4v) is 2.22. The Morgan fingerprint density at radius 2 is 2.00 bits per heavy atom. The highest BCUT2D eigenvalue weighted by Gasteiger charge is 2.29. The molecule has 2 rings (SSSR count). The SMILES string of the molecule is CCc1cc(Nc2cc(NC(C)=O)ncc2OCCCF)nc(C(C)(F)F)n1. The molecule has 0 saturated carbocycles. The smallest absolute Gasteiger partial charge is 0.303 e. The third-order valence-electron chi connectivity index (χ3n) is 3.50. The number of halogens is 3. The molecule has 2 N–H and O–H groups in total. The van der Waals surface area contributed by atoms with Crippen LogP contribution in [-0.4, -0.2) is 34.1 Å². The van der Waals surface area contributed by atoms with E-state index in [4.69, 9.17) is 4.74 Å². The lowest BCUT2D eigenvalue weighted by molar-refractivity contribution is -0.114. The molecule has 0 atom stereocenters. The van der Waals surface area contributed by atoms with Crippen LogP contribution in [-0.2, 0) is 17.1 Å². The van der Waals surface area contributed by atoms with Gasteiger partial charge in [0.05, 0.1) is 25.2 Å². The lowest BCUT2D eigenvalue weighted by atomic mass is 10.2. The van der Waals surface area contributed by atoms with Gasteiger partial charge >= 0.3 is 5.92 Å². The van der Waals surface area contributed by atoms with E-state index in [2.05, 4.69) is 25.6 Å². The van der Waals surface area contributed by atoms with Crippen LogP contribution in [0.1, 0.15) is 38.7 Å². The Morgan fingerprint density at radius 3 is 2.61 bits per heavy atom. The Kier molecular flexibility index (Phi) is 7.13. The maximum absolute atomic E-state index is 13.7. The lowest BCUT2D eigenvalue weighted by Gasteiger charge is -2.16. The summed E-state index contributed by atoms with van der Waals surface area (Å²) in [6.07, 6.45) is 1.98. The molecule has 0 aliphatic rings. The van der Waals surface area contributed by atoms with Gasteiger partial charge in [-0.3, -0.25) is 9.18 Å². The van der Waals surface area contributed by atoms with E-state index in [1.54, 1.807) is 13.0 Å². The molecule has 0 fully saturated rings. The van der Waals surface area contributed by atoms with Crippen LogP contribution in [0.25, 0.3) is 0 Å². The van der Waals surface area contributed by atoms with Crippen molar-refractivity contribution in [1.82, 2.24) is 15.0 Å². The van der Waals surface area contributed by atoms with Crippen LogP contribution in [0, 0.1) is 0 Å². The monoisotopic (exact) mass is 397 g/mol. The van der Waals surface area contributed by atoms with Crippen LogP contribution in [0.15, 0.2) is 18.3 Å². The summed E-state index contributed by atoms with van der Waals surface area (Å²) < 4.78 is 45.3. The zero-order chi connectivity index (χ0) is 20.7. The average molecular weight is 397 g/mol. The third-order valence-corrected chi connectivity index (χ3v) is 3.50. The summed E-state index contributed by atoms with van der Waals surface area (Å²) >= 11 is 0. The third kappa shape index (κ3) is 6.07. The van der Waals surface area contributed by atoms with Gasteiger partial charge in [0.2, 0.25) is 11.7 Å². The van der Waals surface area contributed by atoms with Gasteiger partial charge in [0, 0.05) is 38.1 Å². The average Bonchev–Trinajstić information content (AvgIpc) is 2.62. The summed E-state index contributed by atoms with van der Waals surface area (Å²) in [4.78, 5) is 23.1. The topological polar surface area (TPSA) is 89.0 Å². The molecule has 0 saturated heterocycles. The molecule has 2 aromatic rings. The van der Waals surface area contributed by atoms with E-state index in [-0.39, 0.29) is 36.3 Å². The number of hydrogen-bond donors (Lipinski definition) is 2. The van der Waals surface area contributed by atoms with Crippen LogP contribution in [0.3, 0.4) is 0 Å². The second kappa shape index (κ2) is 9.34. The highest BCUT2D eigenvalue weighted by atomic mass is 19.3. The van der Waals surface area contributed by atoms with Crippen molar-refractivity contribution in [2.75, 3.05) is 23.9 Å². The number of anilines is 3. The van der Waals surface area contributed by atoms with E-state index in [1.807, 2.05) is 0 Å². The number of alkyl halides is 3. The molecule has 152 valence electrons. The molecule has 0 spiro atoms. The Morgan fingerprint density at radius 1 is 1.25 bits per heavy atom. The molecule has 2 heterocycles. The minimum Gasteiger partial charge on any atom is -0.490 e. The van der Waals surface area contributed by atoms with E-state index in [0.717, 1.165) is 6.92 Å². The van der Waals surface area contributed by atoms with Crippen molar-refractivity contribution in [2.45, 2.75) is 39.5 Å². The minimum atomic E-state index is -3.21. The Labute approximate surface area is 160 Å². The molecule has 0 bridgehead atoms. The predicted molar refractivity (Wildman–Crippen MR) is 98.9 cm³/mol. The number of nitrogens with zero attached hydrogens (tertiary/aromatic N) is 3. The summed E-state index contributed by atoms with van der Waals surface area (Å²) in [6, 6.07) is 3.02. The van der Waals surface area contributed by atoms with Crippen molar-refractivity contribution in [3.05, 3.63) is 29.8 Å². The van der Waals surface area contributed by atoms with Gasteiger partial charge in [-0.25, -0.2) is 15.0 Å². The summed E-state index contributed by atoms with van der Waals surface area (Å²) in [5, 5.41) is 5.43. The number of aromatic nitrogens is 3. The molecule has 0 aliphatic carbocycles. The van der Waals surface area contributed by atoms with Crippen molar-refractivity contribution < 1.29 is 22.7 Å². The second-order valence-electron chi connectivity index (χ2n) is 6.07. The summed E-state index contributed by atoms with van der Waals surface area (Å²) in [7, 11) is 0. The number of pyridine rings is 1. The minimum absolute atomic E-state index is 0.106. The molecule has 0 unspecified atom stereocenters. The molecule has 7 nitrogen and oxygen atoms in total. The number of hydrogen-bond acceptors (Lipinski definition) is 6. The standard InChI is InChI=1S/C18H22F3N5O2/c1-4-12-8-16(26-17(24-12)18(3,20)21)25-13-9-15(23-11(2)27)22-10-14(13)28-7-5-6-19/h8-10H,4-7H2,1-3H3,(H2,22,23,24,25,26,27). The van der Waals surface area contributed by atoms with E-state index < -0.39 is 18.4 Å². The highest BCUT2D eigenvalue weighted by Crippen LogP contribution is 2.31. The highest BCUT2D eigenvalue weighted by molar-refractivity contribution is 5.88. The van der Waals surface area contributed by atoms with Gasteiger partial charge in [-0.2, -0.15) is 8.78 Å². The van der Waals surface area contributed by atoms with Crippen molar-refractivity contribution >= 4 is 23.2 Å². The summed E-state index contributed by atoms with van der Waals surface area (Å²) in [5.41, 5.74) is 0.772. The first-order valence-corrected chi connectivity index (χ1v) is 8.72. The van der Waals surface area contributed by atoms with E-state index in [1.165, 1.54) is 19.2 Å². The Balaban J connectivity index is 2.40. The van der Waals surface area contributed by atoms with Gasteiger partial charge in [-0.15, -0.1) is 0 Å². The first-order chi connectivity index (χ1) is 13.2. The number of carbonyl (C=O) groups excluding carboxylic acids is 1. The number of carbonyl (C=O) groups is 1. The van der Waals surface area contributed by atoms with Crippen molar-refractivity contribution in [2.24, 2.45) is 0 Å². The van der Waals surface area contributed by atoms with Crippen molar-refractivity contribution in [1.29, 1.82) is 0 Å². The number of rotatable bonds is 9. The number of nitrogens with one attached hydrogen (secondary N) is 2. The second-order valence-corrected chi connectivity index (χ2v) is 6.07. The first-order valence-electron chi connectivity index (χ1n) is 8.72. The maximum atomic E-state index is 13.7. The van der Waals surface area contributed by atoms with Gasteiger partial charge in [-0.05, 0) is 6.42 Å². The Bertz CT molecular complexity index is 827. The van der Waals surface area contributed by atoms with Crippen LogP contribution >= 0.6 is 0 Å². The molecule has 28 heavy (non-hydrogen) atoms. The predicted octanol–water partition coefficient (Wildman–Crippen LogP) is 3.99. The molecule has 2 aromatic heterocycles. The quantitative estimate of drug-likeness (QED) is 0.622. The first kappa shape index (κ1) is 21.4. The fourth-order valence-electron chi connectivity index (χ4n) is 2.22. The lowest BCUT2D eigenvalue weighted by Crippen LogP contribution is -2.15. The van der Waals surface area contributed by atoms with Crippen LogP contribution in [0.2, 0.25) is 0 Å². The van der Waals surface area contributed by atoms with Crippen molar-refractivity contribution in [3.63, 3.8) is 0 Å². The van der Waals surface area contributed by atoms with Gasteiger partial charge < -0.3 is 15.4 Å². The van der Waals surface area contributed by atoms with Crippen molar-refractivity contribution in [3.8, 4) is 5.75 Å². The fraction of sp³-hybridized carbons (Fsp3) is 0.444. The van der Waals surface area contributed by atoms with Crippen LogP contribution in [0.5, 0.6) is 5.75 Å². The number of amides is 1. The van der Waals surface area contributed by atoms with E-state index in [0.29, 0.717) is 17.8 Å².